The van der Waals surface area contributed by atoms with Gasteiger partial charge in [0.1, 0.15) is 5.01 Å². The number of nitrogens with zero attached hydrogens (tertiary/aromatic N) is 1. The molecule has 0 spiro atoms. The van der Waals surface area contributed by atoms with Crippen molar-refractivity contribution in [2.75, 3.05) is 0 Å². The van der Waals surface area contributed by atoms with Gasteiger partial charge in [-0.1, -0.05) is 18.2 Å². The highest BCUT2D eigenvalue weighted by Crippen LogP contribution is 2.25. The SMILES string of the molecule is NC(CC(=O)O)c1cccc(-c2nccs2)c1. The molecule has 0 aliphatic rings. The summed E-state index contributed by atoms with van der Waals surface area (Å²) in [7, 11) is 0. The Kier molecular flexibility index (Phi) is 3.51. The third kappa shape index (κ3) is 2.89. The first-order valence-electron chi connectivity index (χ1n) is 5.14. The van der Waals surface area contributed by atoms with Gasteiger partial charge in [0.25, 0.3) is 0 Å². The lowest BCUT2D eigenvalue weighted by molar-refractivity contribution is -0.137. The number of carboxylic acid groups (broad SMARTS) is 1. The molecule has 0 fully saturated rings. The van der Waals surface area contributed by atoms with Crippen molar-refractivity contribution in [2.45, 2.75) is 12.5 Å². The van der Waals surface area contributed by atoms with E-state index in [1.165, 1.54) is 0 Å². The molecule has 4 nitrogen and oxygen atoms in total. The van der Waals surface area contributed by atoms with Crippen LogP contribution in [-0.2, 0) is 4.79 Å². The summed E-state index contributed by atoms with van der Waals surface area (Å²) in [5, 5.41) is 11.5. The van der Waals surface area contributed by atoms with Crippen LogP contribution in [-0.4, -0.2) is 16.1 Å². The van der Waals surface area contributed by atoms with Crippen molar-refractivity contribution in [2.24, 2.45) is 5.73 Å². The number of aliphatic carboxylic acids is 1. The zero-order valence-electron chi connectivity index (χ0n) is 9.04. The highest BCUT2D eigenvalue weighted by Gasteiger charge is 2.11. The van der Waals surface area contributed by atoms with Crippen molar-refractivity contribution in [1.82, 2.24) is 4.98 Å². The van der Waals surface area contributed by atoms with Crippen LogP contribution in [0.4, 0.5) is 0 Å². The van der Waals surface area contributed by atoms with E-state index >= 15 is 0 Å². The monoisotopic (exact) mass is 248 g/mol. The van der Waals surface area contributed by atoms with Crippen LogP contribution in [0.2, 0.25) is 0 Å². The summed E-state index contributed by atoms with van der Waals surface area (Å²) < 4.78 is 0. The largest absolute Gasteiger partial charge is 0.481 e. The van der Waals surface area contributed by atoms with Crippen LogP contribution in [0.1, 0.15) is 18.0 Å². The molecule has 1 unspecified atom stereocenters. The van der Waals surface area contributed by atoms with Crippen LogP contribution in [0.3, 0.4) is 0 Å². The van der Waals surface area contributed by atoms with Crippen molar-refractivity contribution >= 4 is 17.3 Å². The zero-order chi connectivity index (χ0) is 12.3. The molecule has 17 heavy (non-hydrogen) atoms. The molecule has 1 aromatic heterocycles. The normalized spacial score (nSPS) is 12.3. The smallest absolute Gasteiger partial charge is 0.305 e. The number of carboxylic acids is 1. The Balaban J connectivity index is 2.25. The van der Waals surface area contributed by atoms with Crippen molar-refractivity contribution in [3.8, 4) is 10.6 Å². The molecule has 5 heteroatoms. The van der Waals surface area contributed by atoms with Crippen molar-refractivity contribution < 1.29 is 9.90 Å². The van der Waals surface area contributed by atoms with Gasteiger partial charge in [-0.25, -0.2) is 4.98 Å². The fraction of sp³-hybridized carbons (Fsp3) is 0.167. The fourth-order valence-electron chi connectivity index (χ4n) is 1.57. The highest BCUT2D eigenvalue weighted by atomic mass is 32.1. The Labute approximate surface area is 103 Å². The van der Waals surface area contributed by atoms with Crippen LogP contribution in [0.25, 0.3) is 10.6 Å². The van der Waals surface area contributed by atoms with Crippen LogP contribution in [0.5, 0.6) is 0 Å². The molecule has 1 heterocycles. The number of rotatable bonds is 4. The van der Waals surface area contributed by atoms with E-state index in [-0.39, 0.29) is 6.42 Å². The van der Waals surface area contributed by atoms with E-state index in [1.54, 1.807) is 17.5 Å². The molecule has 1 aromatic carbocycles. The first-order valence-corrected chi connectivity index (χ1v) is 6.02. The molecule has 88 valence electrons. The molecule has 0 amide bonds. The Morgan fingerprint density at radius 2 is 2.35 bits per heavy atom. The molecule has 0 aliphatic carbocycles. The highest BCUT2D eigenvalue weighted by molar-refractivity contribution is 7.13. The molecule has 2 aromatic rings. The lowest BCUT2D eigenvalue weighted by Crippen LogP contribution is -2.14. The number of nitrogens with two attached hydrogens (primary N) is 1. The molecule has 0 radical (unpaired) electrons. The maximum absolute atomic E-state index is 10.6. The Bertz CT molecular complexity index is 511. The summed E-state index contributed by atoms with van der Waals surface area (Å²) in [5.41, 5.74) is 7.61. The van der Waals surface area contributed by atoms with Gasteiger partial charge < -0.3 is 10.8 Å². The molecule has 0 saturated carbocycles. The summed E-state index contributed by atoms with van der Waals surface area (Å²) in [4.78, 5) is 14.8. The van der Waals surface area contributed by atoms with E-state index in [0.717, 1.165) is 16.1 Å². The van der Waals surface area contributed by atoms with Crippen molar-refractivity contribution in [1.29, 1.82) is 0 Å². The summed E-state index contributed by atoms with van der Waals surface area (Å²) in [5.74, 6) is -0.892. The van der Waals surface area contributed by atoms with E-state index in [0.29, 0.717) is 0 Å². The average molecular weight is 248 g/mol. The third-order valence-electron chi connectivity index (χ3n) is 2.39. The summed E-state index contributed by atoms with van der Waals surface area (Å²) in [6, 6.07) is 7.06. The standard InChI is InChI=1S/C12H12N2O2S/c13-10(7-11(15)16)8-2-1-3-9(6-8)12-14-4-5-17-12/h1-6,10H,7,13H2,(H,15,16). The van der Waals surface area contributed by atoms with Gasteiger partial charge in [-0.3, -0.25) is 4.79 Å². The fourth-order valence-corrected chi connectivity index (χ4v) is 2.21. The average Bonchev–Trinajstić information content (AvgIpc) is 2.82. The van der Waals surface area contributed by atoms with E-state index in [9.17, 15) is 4.79 Å². The third-order valence-corrected chi connectivity index (χ3v) is 3.21. The van der Waals surface area contributed by atoms with Crippen LogP contribution in [0.15, 0.2) is 35.8 Å². The molecular weight excluding hydrogens is 236 g/mol. The first kappa shape index (κ1) is 11.8. The topological polar surface area (TPSA) is 76.2 Å². The number of hydrogen-bond donors (Lipinski definition) is 2. The van der Waals surface area contributed by atoms with Crippen LogP contribution < -0.4 is 5.73 Å². The Hall–Kier alpha value is -1.72. The number of thiazole rings is 1. The predicted octanol–water partition coefficient (Wildman–Crippen LogP) is 2.28. The van der Waals surface area contributed by atoms with Crippen molar-refractivity contribution in [3.05, 3.63) is 41.4 Å². The van der Waals surface area contributed by atoms with E-state index in [1.807, 2.05) is 29.6 Å². The molecule has 2 rings (SSSR count). The molecule has 0 saturated heterocycles. The van der Waals surface area contributed by atoms with E-state index < -0.39 is 12.0 Å². The lowest BCUT2D eigenvalue weighted by atomic mass is 10.0. The van der Waals surface area contributed by atoms with Gasteiger partial charge in [0.2, 0.25) is 0 Å². The maximum atomic E-state index is 10.6. The minimum absolute atomic E-state index is 0.0681. The second kappa shape index (κ2) is 5.07. The quantitative estimate of drug-likeness (QED) is 0.870. The van der Waals surface area contributed by atoms with Gasteiger partial charge in [-0.05, 0) is 11.6 Å². The number of benzene rings is 1. The van der Waals surface area contributed by atoms with Gasteiger partial charge in [0, 0.05) is 23.2 Å². The minimum Gasteiger partial charge on any atom is -0.481 e. The Morgan fingerprint density at radius 3 is 3.00 bits per heavy atom. The summed E-state index contributed by atoms with van der Waals surface area (Å²) >= 11 is 1.54. The summed E-state index contributed by atoms with van der Waals surface area (Å²) in [6.45, 7) is 0. The molecular formula is C12H12N2O2S. The second-order valence-corrected chi connectivity index (χ2v) is 4.56. The summed E-state index contributed by atoms with van der Waals surface area (Å²) in [6.07, 6.45) is 1.67. The van der Waals surface area contributed by atoms with Crippen molar-refractivity contribution in [3.63, 3.8) is 0 Å². The van der Waals surface area contributed by atoms with Gasteiger partial charge >= 0.3 is 5.97 Å². The molecule has 0 bridgehead atoms. The number of carbonyl (C=O) groups is 1. The number of hydrogen-bond acceptors (Lipinski definition) is 4. The van der Waals surface area contributed by atoms with Gasteiger partial charge in [0.15, 0.2) is 0 Å². The van der Waals surface area contributed by atoms with E-state index in [4.69, 9.17) is 10.8 Å². The van der Waals surface area contributed by atoms with Gasteiger partial charge in [-0.15, -0.1) is 11.3 Å². The zero-order valence-corrected chi connectivity index (χ0v) is 9.85. The first-order chi connectivity index (χ1) is 8.16. The Morgan fingerprint density at radius 1 is 1.53 bits per heavy atom. The second-order valence-electron chi connectivity index (χ2n) is 3.67. The molecule has 1 atom stereocenters. The lowest BCUT2D eigenvalue weighted by Gasteiger charge is -2.10. The molecule has 0 aliphatic heterocycles. The minimum atomic E-state index is -0.892. The number of aromatic nitrogens is 1. The maximum Gasteiger partial charge on any atom is 0.305 e. The van der Waals surface area contributed by atoms with E-state index in [2.05, 4.69) is 4.98 Å². The van der Waals surface area contributed by atoms with Crippen LogP contribution in [0, 0.1) is 0 Å². The predicted molar refractivity (Wildman–Crippen MR) is 66.7 cm³/mol. The van der Waals surface area contributed by atoms with Gasteiger partial charge in [0.05, 0.1) is 6.42 Å². The van der Waals surface area contributed by atoms with Crippen LogP contribution >= 0.6 is 11.3 Å². The molecule has 3 N–H and O–H groups in total. The van der Waals surface area contributed by atoms with Gasteiger partial charge in [-0.2, -0.15) is 0 Å².